The van der Waals surface area contributed by atoms with Crippen LogP contribution in [0.4, 0.5) is 10.1 Å². The van der Waals surface area contributed by atoms with Crippen molar-refractivity contribution in [1.82, 2.24) is 15.2 Å². The Morgan fingerprint density at radius 3 is 2.66 bits per heavy atom. The molecule has 0 bridgehead atoms. The van der Waals surface area contributed by atoms with Crippen LogP contribution in [-0.2, 0) is 9.59 Å². The first-order valence-corrected chi connectivity index (χ1v) is 9.19. The van der Waals surface area contributed by atoms with E-state index < -0.39 is 5.82 Å². The van der Waals surface area contributed by atoms with Crippen LogP contribution in [-0.4, -0.2) is 48.2 Å². The van der Waals surface area contributed by atoms with Gasteiger partial charge < -0.3 is 20.5 Å². The van der Waals surface area contributed by atoms with Crippen LogP contribution in [0.25, 0.3) is 11.6 Å². The minimum absolute atomic E-state index is 0.0728. The molecular weight excluding hydrogens is 375 g/mol. The van der Waals surface area contributed by atoms with Crippen LogP contribution < -0.4 is 10.6 Å². The predicted molar refractivity (Wildman–Crippen MR) is 109 cm³/mol. The van der Waals surface area contributed by atoms with Crippen molar-refractivity contribution in [2.24, 2.45) is 0 Å². The molecule has 0 fully saturated rings. The maximum Gasteiger partial charge on any atom is 0.256 e. The molecule has 0 aliphatic carbocycles. The van der Waals surface area contributed by atoms with E-state index in [9.17, 15) is 18.8 Å². The van der Waals surface area contributed by atoms with Gasteiger partial charge in [0.2, 0.25) is 5.91 Å². The number of hydrogen-bond donors (Lipinski definition) is 3. The minimum Gasteiger partial charge on any atom is -0.358 e. The Balaban J connectivity index is 1.84. The number of anilines is 1. The van der Waals surface area contributed by atoms with E-state index in [0.717, 1.165) is 0 Å². The van der Waals surface area contributed by atoms with Gasteiger partial charge in [-0.2, -0.15) is 0 Å². The Labute approximate surface area is 168 Å². The van der Waals surface area contributed by atoms with Gasteiger partial charge >= 0.3 is 0 Å². The summed E-state index contributed by atoms with van der Waals surface area (Å²) in [4.78, 5) is 41.1. The largest absolute Gasteiger partial charge is 0.358 e. The summed E-state index contributed by atoms with van der Waals surface area (Å²) in [7, 11) is 3.32. The zero-order valence-electron chi connectivity index (χ0n) is 16.8. The maximum atomic E-state index is 13.6. The number of hydrogen-bond acceptors (Lipinski definition) is 3. The lowest BCUT2D eigenvalue weighted by Crippen LogP contribution is -2.30. The Hall–Kier alpha value is -3.42. The topological polar surface area (TPSA) is 94.3 Å². The molecule has 1 aromatic carbocycles. The van der Waals surface area contributed by atoms with Crippen LogP contribution in [0.3, 0.4) is 0 Å². The van der Waals surface area contributed by atoms with E-state index >= 15 is 0 Å². The van der Waals surface area contributed by atoms with Gasteiger partial charge in [-0.15, -0.1) is 0 Å². The molecule has 0 saturated heterocycles. The Kier molecular flexibility index (Phi) is 5.54. The van der Waals surface area contributed by atoms with E-state index in [0.29, 0.717) is 39.3 Å². The second kappa shape index (κ2) is 7.90. The molecule has 3 rings (SSSR count). The van der Waals surface area contributed by atoms with Crippen LogP contribution >= 0.6 is 0 Å². The van der Waals surface area contributed by atoms with Crippen LogP contribution in [0.15, 0.2) is 18.2 Å². The standard InChI is InChI=1S/C21H23FN4O3/c1-11-17(10-15-14-9-13(22)5-6-16(14)25-20(15)28)24-12(2)19(11)21(29)23-8-7-18(27)26(3)4/h5-6,9-10,24H,7-8H2,1-4H3,(H,23,29)(H,25,28)/b15-10-. The molecule has 0 saturated carbocycles. The van der Waals surface area contributed by atoms with Crippen molar-refractivity contribution < 1.29 is 18.8 Å². The summed E-state index contributed by atoms with van der Waals surface area (Å²) in [6.07, 6.45) is 1.83. The van der Waals surface area contributed by atoms with Gasteiger partial charge in [0, 0.05) is 49.7 Å². The smallest absolute Gasteiger partial charge is 0.256 e. The zero-order valence-corrected chi connectivity index (χ0v) is 16.8. The molecule has 1 aliphatic rings. The fraction of sp³-hybridized carbons (Fsp3) is 0.286. The first-order chi connectivity index (χ1) is 13.7. The summed E-state index contributed by atoms with van der Waals surface area (Å²) >= 11 is 0. The SMILES string of the molecule is Cc1[nH]c(/C=C2\C(=O)Nc3ccc(F)cc32)c(C)c1C(=O)NCCC(=O)N(C)C. The highest BCUT2D eigenvalue weighted by atomic mass is 19.1. The fourth-order valence-corrected chi connectivity index (χ4v) is 3.30. The van der Waals surface area contributed by atoms with Gasteiger partial charge in [-0.05, 0) is 43.7 Å². The second-order valence-corrected chi connectivity index (χ2v) is 7.16. The molecule has 29 heavy (non-hydrogen) atoms. The van der Waals surface area contributed by atoms with Gasteiger partial charge in [0.05, 0.1) is 11.1 Å². The van der Waals surface area contributed by atoms with Crippen molar-refractivity contribution in [3.63, 3.8) is 0 Å². The number of benzene rings is 1. The summed E-state index contributed by atoms with van der Waals surface area (Å²) in [6.45, 7) is 3.76. The summed E-state index contributed by atoms with van der Waals surface area (Å²) in [6, 6.07) is 4.11. The van der Waals surface area contributed by atoms with Crippen LogP contribution in [0.5, 0.6) is 0 Å². The van der Waals surface area contributed by atoms with Gasteiger partial charge in [0.1, 0.15) is 5.82 Å². The minimum atomic E-state index is -0.433. The second-order valence-electron chi connectivity index (χ2n) is 7.16. The lowest BCUT2D eigenvalue weighted by molar-refractivity contribution is -0.128. The van der Waals surface area contributed by atoms with Crippen molar-refractivity contribution in [2.45, 2.75) is 20.3 Å². The molecule has 1 aliphatic heterocycles. The molecule has 3 amide bonds. The van der Waals surface area contributed by atoms with Gasteiger partial charge in [0.15, 0.2) is 0 Å². The summed E-state index contributed by atoms with van der Waals surface area (Å²) in [5.74, 6) is -1.13. The van der Waals surface area contributed by atoms with Crippen molar-refractivity contribution >= 4 is 35.1 Å². The Morgan fingerprint density at radius 1 is 1.24 bits per heavy atom. The number of fused-ring (bicyclic) bond motifs is 1. The van der Waals surface area contributed by atoms with Crippen molar-refractivity contribution in [2.75, 3.05) is 26.0 Å². The first kappa shape index (κ1) is 20.3. The predicted octanol–water partition coefficient (Wildman–Crippen LogP) is 2.47. The number of nitrogens with zero attached hydrogens (tertiary/aromatic N) is 1. The molecule has 7 nitrogen and oxygen atoms in total. The number of H-pyrrole nitrogens is 1. The van der Waals surface area contributed by atoms with Crippen LogP contribution in [0, 0.1) is 19.7 Å². The molecule has 2 aromatic rings. The van der Waals surface area contributed by atoms with Gasteiger partial charge in [-0.1, -0.05) is 0 Å². The molecule has 152 valence electrons. The highest BCUT2D eigenvalue weighted by Gasteiger charge is 2.26. The third kappa shape index (κ3) is 4.06. The average Bonchev–Trinajstić information content (AvgIpc) is 3.11. The number of rotatable bonds is 5. The molecule has 2 heterocycles. The summed E-state index contributed by atoms with van der Waals surface area (Å²) < 4.78 is 13.6. The number of amides is 3. The van der Waals surface area contributed by atoms with Crippen molar-refractivity contribution in [3.05, 3.63) is 52.1 Å². The number of carbonyl (C=O) groups is 3. The lowest BCUT2D eigenvalue weighted by atomic mass is 10.0. The van der Waals surface area contributed by atoms with E-state index in [1.807, 2.05) is 0 Å². The van der Waals surface area contributed by atoms with Crippen LogP contribution in [0.2, 0.25) is 0 Å². The number of aromatic nitrogens is 1. The van der Waals surface area contributed by atoms with Gasteiger partial charge in [0.25, 0.3) is 11.8 Å². The number of aryl methyl sites for hydroxylation is 1. The summed E-state index contributed by atoms with van der Waals surface area (Å²) in [5, 5.41) is 5.45. The highest BCUT2D eigenvalue weighted by molar-refractivity contribution is 6.34. The lowest BCUT2D eigenvalue weighted by Gasteiger charge is -2.10. The normalized spacial score (nSPS) is 14.0. The molecule has 0 atom stereocenters. The molecule has 0 radical (unpaired) electrons. The number of carbonyl (C=O) groups excluding carboxylic acids is 3. The van der Waals surface area contributed by atoms with Crippen LogP contribution in [0.1, 0.15) is 39.3 Å². The van der Waals surface area contributed by atoms with E-state index in [-0.39, 0.29) is 30.7 Å². The van der Waals surface area contributed by atoms with Gasteiger partial charge in [-0.3, -0.25) is 14.4 Å². The Bertz CT molecular complexity index is 1040. The molecule has 0 spiro atoms. The first-order valence-electron chi connectivity index (χ1n) is 9.19. The third-order valence-corrected chi connectivity index (χ3v) is 4.88. The molecular formula is C21H23FN4O3. The molecule has 1 aromatic heterocycles. The van der Waals surface area contributed by atoms with E-state index in [2.05, 4.69) is 15.6 Å². The van der Waals surface area contributed by atoms with Crippen molar-refractivity contribution in [1.29, 1.82) is 0 Å². The number of halogens is 1. The molecule has 8 heteroatoms. The monoisotopic (exact) mass is 398 g/mol. The highest BCUT2D eigenvalue weighted by Crippen LogP contribution is 2.34. The number of nitrogens with one attached hydrogen (secondary N) is 3. The van der Waals surface area contributed by atoms with E-state index in [4.69, 9.17) is 0 Å². The molecule has 0 unspecified atom stereocenters. The average molecular weight is 398 g/mol. The fourth-order valence-electron chi connectivity index (χ4n) is 3.30. The molecule has 3 N–H and O–H groups in total. The maximum absolute atomic E-state index is 13.6. The number of aromatic amines is 1. The quantitative estimate of drug-likeness (QED) is 0.676. The van der Waals surface area contributed by atoms with E-state index in [1.165, 1.54) is 23.1 Å². The van der Waals surface area contributed by atoms with Gasteiger partial charge in [-0.25, -0.2) is 4.39 Å². The summed E-state index contributed by atoms with van der Waals surface area (Å²) in [5.41, 5.74) is 3.73. The Morgan fingerprint density at radius 2 is 1.97 bits per heavy atom. The zero-order chi connectivity index (χ0) is 21.3. The van der Waals surface area contributed by atoms with E-state index in [1.54, 1.807) is 34.0 Å². The third-order valence-electron chi connectivity index (χ3n) is 4.88. The van der Waals surface area contributed by atoms with Crippen molar-refractivity contribution in [3.8, 4) is 0 Å².